The summed E-state index contributed by atoms with van der Waals surface area (Å²) in [6.45, 7) is -0.552. The number of anilines is 1. The van der Waals surface area contributed by atoms with Crippen LogP contribution >= 0.6 is 11.6 Å². The molecule has 1 N–H and O–H groups in total. The van der Waals surface area contributed by atoms with Crippen LogP contribution in [0.1, 0.15) is 5.56 Å². The largest absolute Gasteiger partial charge is 0.494 e. The van der Waals surface area contributed by atoms with Gasteiger partial charge in [0.05, 0.1) is 29.4 Å². The first-order valence-corrected chi connectivity index (χ1v) is 8.67. The van der Waals surface area contributed by atoms with Gasteiger partial charge < -0.3 is 19.5 Å². The number of nitrogens with one attached hydrogen (secondary N) is 1. The third kappa shape index (κ3) is 4.82. The third-order valence-electron chi connectivity index (χ3n) is 3.95. The molecule has 10 heteroatoms. The number of amides is 1. The predicted octanol–water partition coefficient (Wildman–Crippen LogP) is 3.21. The number of fused-ring (bicyclic) bond motifs is 1. The molecule has 0 aromatic heterocycles. The third-order valence-corrected chi connectivity index (χ3v) is 4.19. The molecule has 0 saturated carbocycles. The maximum atomic E-state index is 12.2. The van der Waals surface area contributed by atoms with E-state index in [1.807, 2.05) is 0 Å². The predicted molar refractivity (Wildman–Crippen MR) is 104 cm³/mol. The minimum atomic E-state index is -0.707. The van der Waals surface area contributed by atoms with Crippen molar-refractivity contribution in [2.45, 2.75) is 0 Å². The van der Waals surface area contributed by atoms with Gasteiger partial charge in [-0.15, -0.1) is 0 Å². The van der Waals surface area contributed by atoms with Crippen molar-refractivity contribution in [2.24, 2.45) is 0 Å². The van der Waals surface area contributed by atoms with Gasteiger partial charge in [0.15, 0.2) is 6.61 Å². The molecule has 0 spiro atoms. The van der Waals surface area contributed by atoms with Crippen LogP contribution < -0.4 is 14.8 Å². The highest BCUT2D eigenvalue weighted by atomic mass is 35.5. The van der Waals surface area contributed by atoms with Gasteiger partial charge in [0.25, 0.3) is 11.6 Å². The zero-order valence-electron chi connectivity index (χ0n) is 15.1. The van der Waals surface area contributed by atoms with E-state index in [2.05, 4.69) is 5.32 Å². The molecule has 0 aliphatic carbocycles. The van der Waals surface area contributed by atoms with Gasteiger partial charge in [-0.3, -0.25) is 14.9 Å². The molecule has 1 aliphatic heterocycles. The minimum absolute atomic E-state index is 0.00522. The van der Waals surface area contributed by atoms with Crippen LogP contribution in [0, 0.1) is 10.1 Å². The summed E-state index contributed by atoms with van der Waals surface area (Å²) < 4.78 is 15.5. The topological polar surface area (TPSA) is 117 Å². The van der Waals surface area contributed by atoms with E-state index in [0.717, 1.165) is 0 Å². The highest BCUT2D eigenvalue weighted by Gasteiger charge is 2.20. The summed E-state index contributed by atoms with van der Waals surface area (Å²) in [5.41, 5.74) is 0.898. The molecule has 150 valence electrons. The summed E-state index contributed by atoms with van der Waals surface area (Å²) >= 11 is 5.93. The fraction of sp³-hybridized carbons (Fsp3) is 0.158. The first-order chi connectivity index (χ1) is 13.9. The molecule has 0 fully saturated rings. The van der Waals surface area contributed by atoms with Crippen molar-refractivity contribution in [3.8, 4) is 11.5 Å². The molecule has 9 nitrogen and oxygen atoms in total. The Kier molecular flexibility index (Phi) is 5.99. The Labute approximate surface area is 170 Å². The number of nitro groups is 1. The summed E-state index contributed by atoms with van der Waals surface area (Å²) in [6, 6.07) is 8.74. The molecular formula is C19H15ClN2O7. The van der Waals surface area contributed by atoms with E-state index in [4.69, 9.17) is 25.8 Å². The van der Waals surface area contributed by atoms with Gasteiger partial charge in [0.2, 0.25) is 0 Å². The summed E-state index contributed by atoms with van der Waals surface area (Å²) in [5.74, 6) is -0.641. The Morgan fingerprint density at radius 2 is 2.07 bits per heavy atom. The Morgan fingerprint density at radius 1 is 1.28 bits per heavy atom. The molecular weight excluding hydrogens is 404 g/mol. The first kappa shape index (κ1) is 20.2. The van der Waals surface area contributed by atoms with Crippen LogP contribution in [-0.2, 0) is 14.3 Å². The number of hydrogen-bond acceptors (Lipinski definition) is 7. The molecule has 3 rings (SSSR count). The quantitative estimate of drug-likeness (QED) is 0.434. The number of carbonyl (C=O) groups excluding carboxylic acids is 2. The number of rotatable bonds is 6. The zero-order chi connectivity index (χ0) is 21.0. The fourth-order valence-electron chi connectivity index (χ4n) is 2.57. The van der Waals surface area contributed by atoms with Crippen molar-refractivity contribution in [1.82, 2.24) is 0 Å². The van der Waals surface area contributed by atoms with Crippen molar-refractivity contribution < 1.29 is 28.7 Å². The first-order valence-electron chi connectivity index (χ1n) is 8.29. The monoisotopic (exact) mass is 418 g/mol. The van der Waals surface area contributed by atoms with E-state index < -0.39 is 23.4 Å². The van der Waals surface area contributed by atoms with Gasteiger partial charge >= 0.3 is 5.97 Å². The van der Waals surface area contributed by atoms with Crippen LogP contribution in [0.4, 0.5) is 11.4 Å². The van der Waals surface area contributed by atoms with Crippen LogP contribution in [0.3, 0.4) is 0 Å². The van der Waals surface area contributed by atoms with E-state index in [-0.39, 0.29) is 29.3 Å². The van der Waals surface area contributed by atoms with Gasteiger partial charge in [0.1, 0.15) is 18.1 Å². The lowest BCUT2D eigenvalue weighted by Gasteiger charge is -2.17. The Balaban J connectivity index is 1.61. The van der Waals surface area contributed by atoms with E-state index in [9.17, 15) is 19.7 Å². The number of carbonyl (C=O) groups is 2. The number of halogens is 1. The van der Waals surface area contributed by atoms with E-state index in [1.54, 1.807) is 24.3 Å². The second kappa shape index (κ2) is 8.61. The standard InChI is InChI=1S/C19H15ClN2O7/c1-27-17-8-14(22(25)26)3-4-15(17)21-18(23)10-29-19(24)12-6-11-7-13(20)2-5-16(11)28-9-12/h2-8H,9-10H2,1H3,(H,21,23). The fourth-order valence-corrected chi connectivity index (χ4v) is 2.75. The SMILES string of the molecule is COc1cc([N+](=O)[O-])ccc1NC(=O)COC(=O)C1=Cc2cc(Cl)ccc2OC1. The highest BCUT2D eigenvalue weighted by Crippen LogP contribution is 2.30. The highest BCUT2D eigenvalue weighted by molar-refractivity contribution is 6.30. The number of nitrogens with zero attached hydrogens (tertiary/aromatic N) is 1. The second-order valence-electron chi connectivity index (χ2n) is 5.91. The summed E-state index contributed by atoms with van der Waals surface area (Å²) in [7, 11) is 1.31. The zero-order valence-corrected chi connectivity index (χ0v) is 15.9. The van der Waals surface area contributed by atoms with Crippen LogP contribution in [0.15, 0.2) is 42.0 Å². The smallest absolute Gasteiger partial charge is 0.338 e. The summed E-state index contributed by atoms with van der Waals surface area (Å²) in [5, 5.41) is 13.8. The van der Waals surface area contributed by atoms with Gasteiger partial charge in [-0.1, -0.05) is 11.6 Å². The number of ether oxygens (including phenoxy) is 3. The number of esters is 1. The molecule has 0 bridgehead atoms. The molecule has 1 aliphatic rings. The van der Waals surface area contributed by atoms with E-state index >= 15 is 0 Å². The lowest BCUT2D eigenvalue weighted by molar-refractivity contribution is -0.384. The molecule has 29 heavy (non-hydrogen) atoms. The molecule has 1 amide bonds. The maximum absolute atomic E-state index is 12.2. The Morgan fingerprint density at radius 3 is 2.79 bits per heavy atom. The van der Waals surface area contributed by atoms with Crippen LogP contribution in [-0.4, -0.2) is 37.1 Å². The van der Waals surface area contributed by atoms with Crippen molar-refractivity contribution in [2.75, 3.05) is 25.6 Å². The summed E-state index contributed by atoms with van der Waals surface area (Å²) in [6.07, 6.45) is 1.59. The van der Waals surface area contributed by atoms with Gasteiger partial charge in [-0.05, 0) is 30.3 Å². The number of methoxy groups -OCH3 is 1. The van der Waals surface area contributed by atoms with Gasteiger partial charge in [-0.2, -0.15) is 0 Å². The second-order valence-corrected chi connectivity index (χ2v) is 6.34. The van der Waals surface area contributed by atoms with Gasteiger partial charge in [-0.25, -0.2) is 4.79 Å². The number of nitro benzene ring substituents is 1. The Hall–Kier alpha value is -3.59. The van der Waals surface area contributed by atoms with Crippen LogP contribution in [0.2, 0.25) is 5.02 Å². The number of hydrogen-bond donors (Lipinski definition) is 1. The molecule has 2 aromatic carbocycles. The van der Waals surface area contributed by atoms with Crippen LogP contribution in [0.5, 0.6) is 11.5 Å². The van der Waals surface area contributed by atoms with Crippen molar-refractivity contribution >= 4 is 40.9 Å². The number of non-ortho nitro benzene ring substituents is 1. The number of benzene rings is 2. The summed E-state index contributed by atoms with van der Waals surface area (Å²) in [4.78, 5) is 34.5. The van der Waals surface area contributed by atoms with E-state index in [1.165, 1.54) is 25.3 Å². The molecule has 0 radical (unpaired) electrons. The molecule has 0 atom stereocenters. The Bertz CT molecular complexity index is 1020. The lowest BCUT2D eigenvalue weighted by Crippen LogP contribution is -2.24. The molecule has 0 saturated heterocycles. The molecule has 1 heterocycles. The van der Waals surface area contributed by atoms with Crippen LogP contribution in [0.25, 0.3) is 6.08 Å². The lowest BCUT2D eigenvalue weighted by atomic mass is 10.1. The van der Waals surface area contributed by atoms with Crippen molar-refractivity contribution in [3.05, 3.63) is 62.7 Å². The average Bonchev–Trinajstić information content (AvgIpc) is 2.71. The van der Waals surface area contributed by atoms with E-state index in [0.29, 0.717) is 16.3 Å². The van der Waals surface area contributed by atoms with Gasteiger partial charge in [0, 0.05) is 16.7 Å². The molecule has 2 aromatic rings. The normalized spacial score (nSPS) is 12.1. The van der Waals surface area contributed by atoms with Crippen molar-refractivity contribution in [3.63, 3.8) is 0 Å². The average molecular weight is 419 g/mol. The molecule has 0 unspecified atom stereocenters. The minimum Gasteiger partial charge on any atom is -0.494 e. The maximum Gasteiger partial charge on any atom is 0.338 e. The van der Waals surface area contributed by atoms with Crippen molar-refractivity contribution in [1.29, 1.82) is 0 Å².